The Balaban J connectivity index is 0.00000338. The second kappa shape index (κ2) is 12.8. The zero-order valence-corrected chi connectivity index (χ0v) is 18.3. The summed E-state index contributed by atoms with van der Waals surface area (Å²) in [6, 6.07) is 11.4. The fraction of sp³-hybridized carbons (Fsp3) is 0.368. The first-order chi connectivity index (χ1) is 12.2. The van der Waals surface area contributed by atoms with Gasteiger partial charge in [-0.25, -0.2) is 0 Å². The average Bonchev–Trinajstić information content (AvgIpc) is 2.63. The summed E-state index contributed by atoms with van der Waals surface area (Å²) >= 11 is 5.87. The number of ether oxygens (including phenoxy) is 1. The Morgan fingerprint density at radius 2 is 2.04 bits per heavy atom. The molecule has 0 radical (unpaired) electrons. The van der Waals surface area contributed by atoms with E-state index in [2.05, 4.69) is 33.2 Å². The molecule has 0 atom stereocenters. The number of nitrogens with zero attached hydrogens (tertiary/aromatic N) is 3. The predicted octanol–water partition coefficient (Wildman–Crippen LogP) is 3.87. The Labute approximate surface area is 177 Å². The second-order valence-electron chi connectivity index (χ2n) is 5.57. The molecule has 0 bridgehead atoms. The summed E-state index contributed by atoms with van der Waals surface area (Å²) in [4.78, 5) is 10.9. The summed E-state index contributed by atoms with van der Waals surface area (Å²) in [6.07, 6.45) is 4.54. The highest BCUT2D eigenvalue weighted by Gasteiger charge is 2.05. The van der Waals surface area contributed by atoms with Crippen molar-refractivity contribution in [3.63, 3.8) is 0 Å². The van der Waals surface area contributed by atoms with Gasteiger partial charge < -0.3 is 15.0 Å². The molecule has 0 saturated carbocycles. The summed E-state index contributed by atoms with van der Waals surface area (Å²) in [7, 11) is 2.01. The standard InChI is InChI=1S/C19H25ClN4O.HI/c1-3-22-19(23-12-10-16-5-4-11-21-15-16)24(2)13-14-25-18-8-6-17(20)7-9-18;/h4-9,11,15H,3,10,12-14H2,1-2H3,(H,22,23);1H. The molecule has 0 aliphatic heterocycles. The Hall–Kier alpha value is -1.54. The van der Waals surface area contributed by atoms with Gasteiger partial charge in [0.15, 0.2) is 5.96 Å². The molecule has 142 valence electrons. The first-order valence-electron chi connectivity index (χ1n) is 8.45. The van der Waals surface area contributed by atoms with Gasteiger partial charge in [0.05, 0.1) is 6.54 Å². The molecule has 0 saturated heterocycles. The van der Waals surface area contributed by atoms with Gasteiger partial charge >= 0.3 is 0 Å². The summed E-state index contributed by atoms with van der Waals surface area (Å²) in [6.45, 7) is 4.92. The highest BCUT2D eigenvalue weighted by atomic mass is 127. The van der Waals surface area contributed by atoms with Crippen molar-refractivity contribution in [3.05, 3.63) is 59.4 Å². The molecule has 1 heterocycles. The average molecular weight is 489 g/mol. The van der Waals surface area contributed by atoms with Crippen LogP contribution >= 0.6 is 35.6 Å². The number of guanidine groups is 1. The third-order valence-electron chi connectivity index (χ3n) is 3.59. The number of benzene rings is 1. The third kappa shape index (κ3) is 8.23. The Morgan fingerprint density at radius 3 is 2.69 bits per heavy atom. The van der Waals surface area contributed by atoms with E-state index < -0.39 is 0 Å². The summed E-state index contributed by atoms with van der Waals surface area (Å²) in [5.41, 5.74) is 1.19. The normalized spacial score (nSPS) is 10.8. The van der Waals surface area contributed by atoms with Crippen LogP contribution in [0.3, 0.4) is 0 Å². The van der Waals surface area contributed by atoms with Crippen LogP contribution in [0.1, 0.15) is 12.5 Å². The molecule has 0 aliphatic rings. The molecule has 1 N–H and O–H groups in total. The van der Waals surface area contributed by atoms with E-state index in [0.717, 1.165) is 37.8 Å². The minimum atomic E-state index is 0. The van der Waals surface area contributed by atoms with Gasteiger partial charge in [-0.05, 0) is 49.2 Å². The smallest absolute Gasteiger partial charge is 0.193 e. The number of halogens is 2. The van der Waals surface area contributed by atoms with Gasteiger partial charge in [-0.1, -0.05) is 17.7 Å². The molecule has 2 rings (SSSR count). The zero-order valence-electron chi connectivity index (χ0n) is 15.2. The van der Waals surface area contributed by atoms with Crippen LogP contribution in [0.4, 0.5) is 0 Å². The predicted molar refractivity (Wildman–Crippen MR) is 119 cm³/mol. The minimum Gasteiger partial charge on any atom is -0.492 e. The molecule has 2 aromatic rings. The van der Waals surface area contributed by atoms with E-state index in [9.17, 15) is 0 Å². The van der Waals surface area contributed by atoms with Crippen molar-refractivity contribution in [1.29, 1.82) is 0 Å². The second-order valence-corrected chi connectivity index (χ2v) is 6.01. The van der Waals surface area contributed by atoms with Crippen molar-refractivity contribution in [2.24, 2.45) is 4.99 Å². The molecule has 7 heteroatoms. The number of rotatable bonds is 8. The van der Waals surface area contributed by atoms with E-state index in [1.54, 1.807) is 6.20 Å². The van der Waals surface area contributed by atoms with Crippen molar-refractivity contribution >= 4 is 41.5 Å². The van der Waals surface area contributed by atoms with Crippen molar-refractivity contribution in [3.8, 4) is 5.75 Å². The highest BCUT2D eigenvalue weighted by molar-refractivity contribution is 14.0. The number of hydrogen-bond acceptors (Lipinski definition) is 3. The van der Waals surface area contributed by atoms with E-state index >= 15 is 0 Å². The Kier molecular flexibility index (Phi) is 11.0. The molecule has 0 spiro atoms. The molecule has 0 amide bonds. The molecule has 1 aromatic carbocycles. The van der Waals surface area contributed by atoms with Crippen LogP contribution in [0.5, 0.6) is 5.75 Å². The quantitative estimate of drug-likeness (QED) is 0.348. The first-order valence-corrected chi connectivity index (χ1v) is 8.83. The molecular weight excluding hydrogens is 463 g/mol. The maximum atomic E-state index is 5.87. The minimum absolute atomic E-state index is 0. The van der Waals surface area contributed by atoms with Crippen molar-refractivity contribution < 1.29 is 4.74 Å². The van der Waals surface area contributed by atoms with Crippen molar-refractivity contribution in [2.45, 2.75) is 13.3 Å². The van der Waals surface area contributed by atoms with E-state index in [1.807, 2.05) is 43.6 Å². The molecule has 0 unspecified atom stereocenters. The topological polar surface area (TPSA) is 49.8 Å². The van der Waals surface area contributed by atoms with Crippen molar-refractivity contribution in [2.75, 3.05) is 33.3 Å². The van der Waals surface area contributed by atoms with E-state index in [-0.39, 0.29) is 24.0 Å². The number of aliphatic imine (C=N–C) groups is 1. The van der Waals surface area contributed by atoms with Crippen LogP contribution < -0.4 is 10.1 Å². The summed E-state index contributed by atoms with van der Waals surface area (Å²) < 4.78 is 5.74. The largest absolute Gasteiger partial charge is 0.492 e. The van der Waals surface area contributed by atoms with Gasteiger partial charge in [0.1, 0.15) is 12.4 Å². The number of aromatic nitrogens is 1. The van der Waals surface area contributed by atoms with Gasteiger partial charge in [-0.3, -0.25) is 9.98 Å². The zero-order chi connectivity index (χ0) is 17.9. The highest BCUT2D eigenvalue weighted by Crippen LogP contribution is 2.15. The van der Waals surface area contributed by atoms with Crippen LogP contribution in [0.15, 0.2) is 53.8 Å². The lowest BCUT2D eigenvalue weighted by molar-refractivity contribution is 0.281. The molecular formula is C19H26ClIN4O. The SMILES string of the molecule is CCNC(=NCCc1cccnc1)N(C)CCOc1ccc(Cl)cc1.I. The maximum Gasteiger partial charge on any atom is 0.193 e. The van der Waals surface area contributed by atoms with E-state index in [4.69, 9.17) is 16.3 Å². The number of hydrogen-bond donors (Lipinski definition) is 1. The van der Waals surface area contributed by atoms with Gasteiger partial charge in [-0.15, -0.1) is 24.0 Å². The summed E-state index contributed by atoms with van der Waals surface area (Å²) in [5, 5.41) is 4.02. The van der Waals surface area contributed by atoms with E-state index in [0.29, 0.717) is 11.6 Å². The van der Waals surface area contributed by atoms with Crippen LogP contribution in [0.2, 0.25) is 5.02 Å². The lowest BCUT2D eigenvalue weighted by Crippen LogP contribution is -2.41. The Bertz CT molecular complexity index is 652. The fourth-order valence-corrected chi connectivity index (χ4v) is 2.37. The van der Waals surface area contributed by atoms with Gasteiger partial charge in [0.2, 0.25) is 0 Å². The van der Waals surface area contributed by atoms with Gasteiger partial charge in [-0.2, -0.15) is 0 Å². The van der Waals surface area contributed by atoms with Crippen LogP contribution in [0, 0.1) is 0 Å². The molecule has 1 aromatic heterocycles. The van der Waals surface area contributed by atoms with Crippen LogP contribution in [-0.4, -0.2) is 49.1 Å². The van der Waals surface area contributed by atoms with Gasteiger partial charge in [0, 0.05) is 37.6 Å². The molecule has 0 fully saturated rings. The Morgan fingerprint density at radius 1 is 1.27 bits per heavy atom. The summed E-state index contributed by atoms with van der Waals surface area (Å²) in [5.74, 6) is 1.70. The third-order valence-corrected chi connectivity index (χ3v) is 3.84. The number of nitrogens with one attached hydrogen (secondary N) is 1. The lowest BCUT2D eigenvalue weighted by Gasteiger charge is -2.22. The first kappa shape index (κ1) is 22.5. The lowest BCUT2D eigenvalue weighted by atomic mass is 10.2. The number of pyridine rings is 1. The molecule has 26 heavy (non-hydrogen) atoms. The van der Waals surface area contributed by atoms with Gasteiger partial charge in [0.25, 0.3) is 0 Å². The van der Waals surface area contributed by atoms with E-state index in [1.165, 1.54) is 5.56 Å². The molecule has 0 aliphatic carbocycles. The molecule has 5 nitrogen and oxygen atoms in total. The monoisotopic (exact) mass is 488 g/mol. The van der Waals surface area contributed by atoms with Crippen LogP contribution in [0.25, 0.3) is 0 Å². The maximum absolute atomic E-state index is 5.87. The van der Waals surface area contributed by atoms with Crippen LogP contribution in [-0.2, 0) is 6.42 Å². The van der Waals surface area contributed by atoms with Crippen molar-refractivity contribution in [1.82, 2.24) is 15.2 Å². The fourth-order valence-electron chi connectivity index (χ4n) is 2.24. The number of likely N-dealkylation sites (N-methyl/N-ethyl adjacent to an activating group) is 1.